The second-order valence-electron chi connectivity index (χ2n) is 6.76. The second kappa shape index (κ2) is 6.72. The van der Waals surface area contributed by atoms with Gasteiger partial charge in [0, 0.05) is 22.9 Å². The Balaban J connectivity index is 1.50. The molecule has 0 unspecified atom stereocenters. The van der Waals surface area contributed by atoms with Gasteiger partial charge in [0.15, 0.2) is 9.84 Å². The lowest BCUT2D eigenvalue weighted by atomic mass is 10.1. The van der Waals surface area contributed by atoms with Crippen LogP contribution < -0.4 is 0 Å². The summed E-state index contributed by atoms with van der Waals surface area (Å²) in [4.78, 5) is 7.15. The van der Waals surface area contributed by atoms with Crippen LogP contribution in [-0.4, -0.2) is 24.1 Å². The number of benzene rings is 1. The number of hydrogen-bond donors (Lipinski definition) is 0. The molecule has 0 fully saturated rings. The monoisotopic (exact) mass is 420 g/mol. The molecule has 144 valence electrons. The maximum absolute atomic E-state index is 11.7. The van der Waals surface area contributed by atoms with Crippen molar-refractivity contribution in [2.24, 2.45) is 0 Å². The van der Waals surface area contributed by atoms with Gasteiger partial charge in [0.05, 0.1) is 34.2 Å². The molecule has 0 N–H and O–H groups in total. The first kappa shape index (κ1) is 17.9. The first-order chi connectivity index (χ1) is 14.0. The summed E-state index contributed by atoms with van der Waals surface area (Å²) in [5, 5.41) is 0. The Labute approximate surface area is 171 Å². The first-order valence-electron chi connectivity index (χ1n) is 8.89. The topological polar surface area (TPSA) is 64.6 Å². The van der Waals surface area contributed by atoms with E-state index in [1.54, 1.807) is 36.0 Å². The Kier molecular flexibility index (Phi) is 4.15. The van der Waals surface area contributed by atoms with E-state index in [0.29, 0.717) is 4.90 Å². The molecule has 0 aliphatic carbocycles. The molecule has 0 bridgehead atoms. The third-order valence-electron chi connectivity index (χ3n) is 4.79. The lowest BCUT2D eigenvalue weighted by Crippen LogP contribution is -1.96. The number of imidazole rings is 1. The van der Waals surface area contributed by atoms with E-state index in [4.69, 9.17) is 4.42 Å². The number of nitrogens with zero attached hydrogens (tertiary/aromatic N) is 2. The molecule has 0 saturated heterocycles. The van der Waals surface area contributed by atoms with E-state index in [-0.39, 0.29) is 0 Å². The molecule has 0 aliphatic heterocycles. The van der Waals surface area contributed by atoms with E-state index in [0.717, 1.165) is 37.8 Å². The molecule has 7 heteroatoms. The lowest BCUT2D eigenvalue weighted by molar-refractivity contribution is 0.568. The standard InChI is InChI=1S/C22H16N2O3S2/c1-29(25,26)18-4-2-15(3-5-18)16-8-10-24-19(13-23-22(24)12-16)21-7-6-20(28-21)17-9-11-27-14-17/h2-14H,1H3. The Hall–Kier alpha value is -3.16. The molecular weight excluding hydrogens is 404 g/mol. The highest BCUT2D eigenvalue weighted by Gasteiger charge is 2.12. The minimum absolute atomic E-state index is 0.316. The summed E-state index contributed by atoms with van der Waals surface area (Å²) in [5.41, 5.74) is 4.86. The van der Waals surface area contributed by atoms with Gasteiger partial charge >= 0.3 is 0 Å². The summed E-state index contributed by atoms with van der Waals surface area (Å²) < 4.78 is 30.5. The van der Waals surface area contributed by atoms with Crippen LogP contribution in [-0.2, 0) is 9.84 Å². The zero-order valence-electron chi connectivity index (χ0n) is 15.4. The van der Waals surface area contributed by atoms with Crippen LogP contribution in [0.2, 0.25) is 0 Å². The van der Waals surface area contributed by atoms with Gasteiger partial charge < -0.3 is 4.42 Å². The van der Waals surface area contributed by atoms with Gasteiger partial charge in [-0.05, 0) is 53.6 Å². The average Bonchev–Trinajstić information content (AvgIpc) is 3.46. The van der Waals surface area contributed by atoms with Gasteiger partial charge in [-0.2, -0.15) is 0 Å². The van der Waals surface area contributed by atoms with Gasteiger partial charge in [-0.25, -0.2) is 13.4 Å². The minimum atomic E-state index is -3.20. The molecule has 4 heterocycles. The third kappa shape index (κ3) is 3.28. The number of fused-ring (bicyclic) bond motifs is 1. The van der Waals surface area contributed by atoms with E-state index >= 15 is 0 Å². The minimum Gasteiger partial charge on any atom is -0.472 e. The Morgan fingerprint density at radius 1 is 0.931 bits per heavy atom. The van der Waals surface area contributed by atoms with E-state index < -0.39 is 9.84 Å². The molecule has 0 radical (unpaired) electrons. The van der Waals surface area contributed by atoms with Crippen molar-refractivity contribution in [3.63, 3.8) is 0 Å². The summed E-state index contributed by atoms with van der Waals surface area (Å²) in [6, 6.07) is 17.1. The molecule has 4 aromatic heterocycles. The number of thiophene rings is 1. The zero-order valence-corrected chi connectivity index (χ0v) is 17.1. The van der Waals surface area contributed by atoms with Crippen LogP contribution in [0, 0.1) is 0 Å². The Bertz CT molecular complexity index is 1410. The van der Waals surface area contributed by atoms with Gasteiger partial charge in [0.25, 0.3) is 0 Å². The van der Waals surface area contributed by atoms with Gasteiger partial charge in [0.1, 0.15) is 5.65 Å². The molecule has 0 amide bonds. The van der Waals surface area contributed by atoms with Gasteiger partial charge in [-0.15, -0.1) is 11.3 Å². The van der Waals surface area contributed by atoms with Crippen molar-refractivity contribution in [1.29, 1.82) is 0 Å². The van der Waals surface area contributed by atoms with Crippen molar-refractivity contribution in [3.05, 3.63) is 79.5 Å². The van der Waals surface area contributed by atoms with Crippen LogP contribution in [0.15, 0.2) is 88.8 Å². The van der Waals surface area contributed by atoms with Crippen molar-refractivity contribution < 1.29 is 12.8 Å². The molecular formula is C22H16N2O3S2. The van der Waals surface area contributed by atoms with Crippen LogP contribution in [0.1, 0.15) is 0 Å². The van der Waals surface area contributed by atoms with Crippen LogP contribution in [0.25, 0.3) is 37.8 Å². The molecule has 5 aromatic rings. The highest BCUT2D eigenvalue weighted by atomic mass is 32.2. The van der Waals surface area contributed by atoms with E-state index in [9.17, 15) is 8.42 Å². The van der Waals surface area contributed by atoms with Gasteiger partial charge in [-0.1, -0.05) is 12.1 Å². The zero-order chi connectivity index (χ0) is 20.0. The fraction of sp³-hybridized carbons (Fsp3) is 0.0455. The maximum atomic E-state index is 11.7. The van der Waals surface area contributed by atoms with E-state index in [1.165, 1.54) is 6.26 Å². The summed E-state index contributed by atoms with van der Waals surface area (Å²) in [6.45, 7) is 0. The smallest absolute Gasteiger partial charge is 0.175 e. The van der Waals surface area contributed by atoms with Crippen molar-refractivity contribution in [2.45, 2.75) is 4.90 Å². The molecule has 0 spiro atoms. The van der Waals surface area contributed by atoms with Crippen LogP contribution in [0.4, 0.5) is 0 Å². The van der Waals surface area contributed by atoms with Crippen molar-refractivity contribution >= 4 is 26.8 Å². The van der Waals surface area contributed by atoms with Crippen molar-refractivity contribution in [1.82, 2.24) is 9.38 Å². The highest BCUT2D eigenvalue weighted by molar-refractivity contribution is 7.90. The van der Waals surface area contributed by atoms with E-state index in [1.807, 2.05) is 42.7 Å². The number of hydrogen-bond acceptors (Lipinski definition) is 5. The SMILES string of the molecule is CS(=O)(=O)c1ccc(-c2ccn3c(-c4ccc(-c5ccoc5)s4)cnc3c2)cc1. The lowest BCUT2D eigenvalue weighted by Gasteiger charge is -2.05. The average molecular weight is 421 g/mol. The summed E-state index contributed by atoms with van der Waals surface area (Å²) in [5.74, 6) is 0. The molecule has 1 aromatic carbocycles. The quantitative estimate of drug-likeness (QED) is 0.391. The van der Waals surface area contributed by atoms with E-state index in [2.05, 4.69) is 21.5 Å². The number of sulfone groups is 1. The number of aromatic nitrogens is 2. The maximum Gasteiger partial charge on any atom is 0.175 e. The Morgan fingerprint density at radius 2 is 1.72 bits per heavy atom. The molecule has 29 heavy (non-hydrogen) atoms. The largest absolute Gasteiger partial charge is 0.472 e. The molecule has 5 nitrogen and oxygen atoms in total. The molecule has 0 saturated carbocycles. The number of rotatable bonds is 4. The van der Waals surface area contributed by atoms with Crippen molar-refractivity contribution in [3.8, 4) is 32.1 Å². The van der Waals surface area contributed by atoms with Crippen LogP contribution in [0.5, 0.6) is 0 Å². The van der Waals surface area contributed by atoms with Crippen LogP contribution in [0.3, 0.4) is 0 Å². The molecule has 5 rings (SSSR count). The number of pyridine rings is 1. The third-order valence-corrected chi connectivity index (χ3v) is 7.08. The first-order valence-corrected chi connectivity index (χ1v) is 11.6. The normalized spacial score (nSPS) is 11.9. The predicted octanol–water partition coefficient (Wildman–Crippen LogP) is 5.39. The summed E-state index contributed by atoms with van der Waals surface area (Å²) >= 11 is 1.69. The van der Waals surface area contributed by atoms with Crippen molar-refractivity contribution in [2.75, 3.05) is 6.26 Å². The Morgan fingerprint density at radius 3 is 2.45 bits per heavy atom. The molecule has 0 aliphatic rings. The number of furan rings is 1. The highest BCUT2D eigenvalue weighted by Crippen LogP contribution is 2.35. The summed E-state index contributed by atoms with van der Waals surface area (Å²) in [7, 11) is -3.20. The molecule has 0 atom stereocenters. The summed E-state index contributed by atoms with van der Waals surface area (Å²) in [6.07, 6.45) is 8.49. The fourth-order valence-electron chi connectivity index (χ4n) is 3.27. The van der Waals surface area contributed by atoms with Crippen LogP contribution >= 0.6 is 11.3 Å². The second-order valence-corrected chi connectivity index (χ2v) is 9.86. The predicted molar refractivity (Wildman–Crippen MR) is 115 cm³/mol. The van der Waals surface area contributed by atoms with Gasteiger partial charge in [0.2, 0.25) is 0 Å². The fourth-order valence-corrected chi connectivity index (χ4v) is 4.90. The van der Waals surface area contributed by atoms with Gasteiger partial charge in [-0.3, -0.25) is 4.40 Å².